The number of aromatic nitrogens is 1. The average molecular weight is 311 g/mol. The summed E-state index contributed by atoms with van der Waals surface area (Å²) in [5.74, 6) is -0.372. The van der Waals surface area contributed by atoms with Crippen molar-refractivity contribution >= 4 is 22.7 Å². The molecule has 3 heterocycles. The summed E-state index contributed by atoms with van der Waals surface area (Å²) in [5.41, 5.74) is 1.49. The Balaban J connectivity index is 1.63. The van der Waals surface area contributed by atoms with Crippen LogP contribution in [0, 0.1) is 5.92 Å². The third kappa shape index (κ3) is 2.66. The molecular formula is C17H17N3O3. The van der Waals surface area contributed by atoms with E-state index < -0.39 is 0 Å². The Bertz CT molecular complexity index is 777. The van der Waals surface area contributed by atoms with E-state index in [2.05, 4.69) is 10.3 Å². The molecule has 0 saturated carbocycles. The number of ether oxygens (including phenoxy) is 1. The summed E-state index contributed by atoms with van der Waals surface area (Å²) < 4.78 is 5.49. The highest BCUT2D eigenvalue weighted by atomic mass is 16.5. The molecule has 6 heteroatoms. The molecule has 6 nitrogen and oxygen atoms in total. The molecule has 1 N–H and O–H groups in total. The van der Waals surface area contributed by atoms with Crippen molar-refractivity contribution in [2.75, 3.05) is 26.3 Å². The van der Waals surface area contributed by atoms with Gasteiger partial charge in [-0.05, 0) is 24.3 Å². The van der Waals surface area contributed by atoms with Crippen LogP contribution < -0.4 is 5.32 Å². The molecule has 2 aromatic rings. The van der Waals surface area contributed by atoms with Crippen LogP contribution in [0.25, 0.3) is 10.9 Å². The van der Waals surface area contributed by atoms with Gasteiger partial charge in [0.05, 0.1) is 30.7 Å². The van der Waals surface area contributed by atoms with Gasteiger partial charge in [-0.1, -0.05) is 6.07 Å². The molecule has 2 fully saturated rings. The van der Waals surface area contributed by atoms with Crippen LogP contribution in [0.5, 0.6) is 0 Å². The summed E-state index contributed by atoms with van der Waals surface area (Å²) in [5, 5.41) is 3.87. The molecule has 1 aromatic heterocycles. The Morgan fingerprint density at radius 2 is 2.17 bits per heavy atom. The quantitative estimate of drug-likeness (QED) is 0.846. The number of benzene rings is 1. The van der Waals surface area contributed by atoms with Crippen LogP contribution in [0.3, 0.4) is 0 Å². The smallest absolute Gasteiger partial charge is 0.253 e. The number of nitrogens with zero attached hydrogens (tertiary/aromatic N) is 2. The van der Waals surface area contributed by atoms with Crippen molar-refractivity contribution in [2.45, 2.75) is 6.04 Å². The van der Waals surface area contributed by atoms with Crippen LogP contribution >= 0.6 is 0 Å². The van der Waals surface area contributed by atoms with Crippen molar-refractivity contribution in [3.63, 3.8) is 0 Å². The van der Waals surface area contributed by atoms with E-state index in [0.29, 0.717) is 31.9 Å². The third-order valence-corrected chi connectivity index (χ3v) is 4.37. The number of amides is 2. The van der Waals surface area contributed by atoms with Crippen LogP contribution in [0.4, 0.5) is 0 Å². The van der Waals surface area contributed by atoms with Crippen molar-refractivity contribution in [2.24, 2.45) is 5.92 Å². The van der Waals surface area contributed by atoms with Crippen molar-refractivity contribution in [1.82, 2.24) is 15.2 Å². The minimum absolute atomic E-state index is 0.0227. The molecule has 0 unspecified atom stereocenters. The molecule has 2 atom stereocenters. The van der Waals surface area contributed by atoms with Gasteiger partial charge in [-0.2, -0.15) is 0 Å². The molecule has 4 rings (SSSR count). The third-order valence-electron chi connectivity index (χ3n) is 4.37. The van der Waals surface area contributed by atoms with Gasteiger partial charge in [0.1, 0.15) is 0 Å². The number of pyridine rings is 1. The summed E-state index contributed by atoms with van der Waals surface area (Å²) in [6.07, 6.45) is 1.73. The number of carbonyl (C=O) groups is 2. The minimum atomic E-state index is -0.298. The van der Waals surface area contributed by atoms with Crippen LogP contribution in [-0.2, 0) is 9.53 Å². The molecule has 1 aromatic carbocycles. The van der Waals surface area contributed by atoms with Crippen LogP contribution in [0.15, 0.2) is 36.5 Å². The number of carbonyl (C=O) groups excluding carboxylic acids is 2. The number of rotatable bonds is 1. The molecule has 23 heavy (non-hydrogen) atoms. The highest BCUT2D eigenvalue weighted by molar-refractivity contribution is 5.98. The van der Waals surface area contributed by atoms with Gasteiger partial charge in [-0.15, -0.1) is 0 Å². The monoisotopic (exact) mass is 311 g/mol. The normalized spacial score (nSPS) is 24.2. The van der Waals surface area contributed by atoms with Crippen molar-refractivity contribution in [3.05, 3.63) is 42.1 Å². The minimum Gasteiger partial charge on any atom is -0.378 e. The van der Waals surface area contributed by atoms with E-state index in [9.17, 15) is 9.59 Å². The first kappa shape index (κ1) is 14.1. The lowest BCUT2D eigenvalue weighted by Gasteiger charge is -2.27. The van der Waals surface area contributed by atoms with Crippen LogP contribution in [0.1, 0.15) is 10.4 Å². The lowest BCUT2D eigenvalue weighted by Crippen LogP contribution is -2.44. The molecular weight excluding hydrogens is 294 g/mol. The zero-order valence-electron chi connectivity index (χ0n) is 12.6. The summed E-state index contributed by atoms with van der Waals surface area (Å²) in [6, 6.07) is 9.16. The molecule has 2 aliphatic rings. The maximum absolute atomic E-state index is 12.9. The van der Waals surface area contributed by atoms with E-state index >= 15 is 0 Å². The summed E-state index contributed by atoms with van der Waals surface area (Å²) >= 11 is 0. The number of nitrogens with one attached hydrogen (secondary N) is 1. The second-order valence-electron chi connectivity index (χ2n) is 6.06. The van der Waals surface area contributed by atoms with E-state index in [1.165, 1.54) is 0 Å². The van der Waals surface area contributed by atoms with E-state index in [0.717, 1.165) is 10.9 Å². The summed E-state index contributed by atoms with van der Waals surface area (Å²) in [7, 11) is 0. The Hall–Kier alpha value is -2.47. The summed E-state index contributed by atoms with van der Waals surface area (Å²) in [6.45, 7) is 1.69. The SMILES string of the molecule is O=C1N[C@@H]2COC[C@H]1CN(C(=O)c1ccc3ncccc3c1)C2. The zero-order chi connectivity index (χ0) is 15.8. The number of hydrogen-bond donors (Lipinski definition) is 1. The zero-order valence-corrected chi connectivity index (χ0v) is 12.6. The maximum atomic E-state index is 12.9. The maximum Gasteiger partial charge on any atom is 0.253 e. The molecule has 2 bridgehead atoms. The number of hydrogen-bond acceptors (Lipinski definition) is 4. The lowest BCUT2D eigenvalue weighted by molar-refractivity contribution is -0.125. The second-order valence-corrected chi connectivity index (χ2v) is 6.06. The van der Waals surface area contributed by atoms with Crippen molar-refractivity contribution < 1.29 is 14.3 Å². The van der Waals surface area contributed by atoms with E-state index in [-0.39, 0.29) is 23.8 Å². The predicted molar refractivity (Wildman–Crippen MR) is 83.9 cm³/mol. The Kier molecular flexibility index (Phi) is 3.46. The average Bonchev–Trinajstić information content (AvgIpc) is 2.82. The molecule has 2 amide bonds. The summed E-state index contributed by atoms with van der Waals surface area (Å²) in [4.78, 5) is 30.9. The van der Waals surface area contributed by atoms with Crippen LogP contribution in [0.2, 0.25) is 0 Å². The molecule has 0 spiro atoms. The Morgan fingerprint density at radius 3 is 3.09 bits per heavy atom. The molecule has 0 radical (unpaired) electrons. The van der Waals surface area contributed by atoms with Gasteiger partial charge in [-0.3, -0.25) is 14.6 Å². The molecule has 2 aliphatic heterocycles. The van der Waals surface area contributed by atoms with Gasteiger partial charge in [0, 0.05) is 30.2 Å². The second kappa shape index (κ2) is 5.62. The lowest BCUT2D eigenvalue weighted by atomic mass is 10.1. The van der Waals surface area contributed by atoms with Crippen molar-refractivity contribution in [1.29, 1.82) is 0 Å². The van der Waals surface area contributed by atoms with Crippen molar-refractivity contribution in [3.8, 4) is 0 Å². The topological polar surface area (TPSA) is 71.5 Å². The van der Waals surface area contributed by atoms with Crippen LogP contribution in [-0.4, -0.2) is 54.0 Å². The molecule has 118 valence electrons. The van der Waals surface area contributed by atoms with Gasteiger partial charge < -0.3 is 15.0 Å². The predicted octanol–water partition coefficient (Wildman–Crippen LogP) is 0.822. The van der Waals surface area contributed by atoms with Gasteiger partial charge in [0.25, 0.3) is 5.91 Å². The van der Waals surface area contributed by atoms with Gasteiger partial charge >= 0.3 is 0 Å². The highest BCUT2D eigenvalue weighted by Gasteiger charge is 2.35. The number of fused-ring (bicyclic) bond motifs is 4. The largest absolute Gasteiger partial charge is 0.378 e. The fourth-order valence-corrected chi connectivity index (χ4v) is 3.19. The fraction of sp³-hybridized carbons (Fsp3) is 0.353. The Morgan fingerprint density at radius 1 is 1.26 bits per heavy atom. The molecule has 0 aliphatic carbocycles. The van der Waals surface area contributed by atoms with E-state index in [1.807, 2.05) is 24.3 Å². The first-order valence-electron chi connectivity index (χ1n) is 7.73. The van der Waals surface area contributed by atoms with Gasteiger partial charge in [0.2, 0.25) is 5.91 Å². The van der Waals surface area contributed by atoms with E-state index in [1.54, 1.807) is 17.2 Å². The first-order valence-corrected chi connectivity index (χ1v) is 7.73. The molecule has 2 saturated heterocycles. The standard InChI is InChI=1S/C17H17N3O3/c21-16-13-7-20(8-14(19-16)10-23-9-13)17(22)12-3-4-15-11(6-12)2-1-5-18-15/h1-6,13-14H,7-10H2,(H,19,21)/t13-,14+/m1/s1. The Labute approximate surface area is 133 Å². The van der Waals surface area contributed by atoms with Gasteiger partial charge in [0.15, 0.2) is 0 Å². The van der Waals surface area contributed by atoms with Gasteiger partial charge in [-0.25, -0.2) is 0 Å². The first-order chi connectivity index (χ1) is 11.2. The highest BCUT2D eigenvalue weighted by Crippen LogP contribution is 2.19. The van der Waals surface area contributed by atoms with E-state index in [4.69, 9.17) is 4.74 Å². The fourth-order valence-electron chi connectivity index (χ4n) is 3.19.